The predicted molar refractivity (Wildman–Crippen MR) is 82.3 cm³/mol. The normalized spacial score (nSPS) is 15.6. The zero-order valence-electron chi connectivity index (χ0n) is 11.9. The first-order chi connectivity index (χ1) is 10.2. The van der Waals surface area contributed by atoms with Gasteiger partial charge in [-0.25, -0.2) is 0 Å². The summed E-state index contributed by atoms with van der Waals surface area (Å²) in [6.45, 7) is 3.89. The van der Waals surface area contributed by atoms with E-state index in [0.29, 0.717) is 31.6 Å². The molecule has 2 rings (SSSR count). The van der Waals surface area contributed by atoms with Crippen LogP contribution in [0.1, 0.15) is 21.7 Å². The largest absolute Gasteiger partial charge is 0.395 e. The maximum atomic E-state index is 12.4. The van der Waals surface area contributed by atoms with Crippen LogP contribution in [0.15, 0.2) is 11.4 Å². The number of carbonyl (C=O) groups is 1. The molecule has 2 N–H and O–H groups in total. The van der Waals surface area contributed by atoms with Gasteiger partial charge in [0, 0.05) is 44.5 Å². The van der Waals surface area contributed by atoms with Gasteiger partial charge in [-0.1, -0.05) is 11.8 Å². The molecule has 1 aliphatic rings. The zero-order chi connectivity index (χ0) is 15.1. The number of amides is 1. The fraction of sp³-hybridized carbons (Fsp3) is 0.533. The molecule has 0 saturated carbocycles. The lowest BCUT2D eigenvalue weighted by Gasteiger charge is -2.34. The molecular weight excluding hydrogens is 288 g/mol. The van der Waals surface area contributed by atoms with Crippen molar-refractivity contribution in [1.82, 2.24) is 9.80 Å². The number of β-amino-alcohol motifs (C(OH)–C–C–N with tert-alkyl or cyclic N) is 1. The molecule has 1 amide bonds. The second-order valence-corrected chi connectivity index (χ2v) is 5.74. The summed E-state index contributed by atoms with van der Waals surface area (Å²) in [5.41, 5.74) is 0.684. The molecule has 0 spiro atoms. The molecule has 0 atom stereocenters. The first-order valence-corrected chi connectivity index (χ1v) is 7.93. The first-order valence-electron chi connectivity index (χ1n) is 7.05. The van der Waals surface area contributed by atoms with Crippen LogP contribution in [0.5, 0.6) is 0 Å². The number of aliphatic hydroxyl groups is 2. The zero-order valence-corrected chi connectivity index (χ0v) is 12.7. The fourth-order valence-electron chi connectivity index (χ4n) is 2.22. The first kappa shape index (κ1) is 16.0. The van der Waals surface area contributed by atoms with Crippen molar-refractivity contribution in [3.63, 3.8) is 0 Å². The molecule has 0 bridgehead atoms. The SMILES string of the molecule is O=C(c1csc(C#CCCO)c1)N1CCN(CCO)CC1. The summed E-state index contributed by atoms with van der Waals surface area (Å²) in [6.07, 6.45) is 0.452. The van der Waals surface area contributed by atoms with E-state index in [9.17, 15) is 4.79 Å². The van der Waals surface area contributed by atoms with Crippen molar-refractivity contribution in [1.29, 1.82) is 0 Å². The quantitative estimate of drug-likeness (QED) is 0.782. The third-order valence-electron chi connectivity index (χ3n) is 3.37. The lowest BCUT2D eigenvalue weighted by molar-refractivity contribution is 0.0615. The summed E-state index contributed by atoms with van der Waals surface area (Å²) >= 11 is 1.45. The highest BCUT2D eigenvalue weighted by atomic mass is 32.1. The molecule has 114 valence electrons. The summed E-state index contributed by atoms with van der Waals surface area (Å²) < 4.78 is 0. The van der Waals surface area contributed by atoms with E-state index in [2.05, 4.69) is 16.7 Å². The molecule has 6 heteroatoms. The van der Waals surface area contributed by atoms with E-state index in [1.165, 1.54) is 11.3 Å². The molecule has 0 aliphatic carbocycles. The van der Waals surface area contributed by atoms with Gasteiger partial charge in [0.1, 0.15) is 0 Å². The van der Waals surface area contributed by atoms with E-state index < -0.39 is 0 Å². The van der Waals surface area contributed by atoms with E-state index >= 15 is 0 Å². The van der Waals surface area contributed by atoms with Crippen LogP contribution in [0.2, 0.25) is 0 Å². The Bertz CT molecular complexity index is 525. The van der Waals surface area contributed by atoms with Crippen LogP contribution in [0.25, 0.3) is 0 Å². The minimum atomic E-state index is 0.0464. The van der Waals surface area contributed by atoms with Crippen LogP contribution in [-0.2, 0) is 0 Å². The minimum Gasteiger partial charge on any atom is -0.395 e. The van der Waals surface area contributed by atoms with Gasteiger partial charge in [-0.15, -0.1) is 11.3 Å². The van der Waals surface area contributed by atoms with Crippen LogP contribution < -0.4 is 0 Å². The molecule has 0 radical (unpaired) electrons. The maximum Gasteiger partial charge on any atom is 0.254 e. The molecular formula is C15H20N2O3S. The van der Waals surface area contributed by atoms with Crippen LogP contribution >= 0.6 is 11.3 Å². The van der Waals surface area contributed by atoms with Gasteiger partial charge in [-0.05, 0) is 6.07 Å². The number of piperazine rings is 1. The Balaban J connectivity index is 1.91. The average Bonchev–Trinajstić information content (AvgIpc) is 2.97. The number of hydrogen-bond acceptors (Lipinski definition) is 5. The third-order valence-corrected chi connectivity index (χ3v) is 4.22. The lowest BCUT2D eigenvalue weighted by atomic mass is 10.2. The number of nitrogens with zero attached hydrogens (tertiary/aromatic N) is 2. The topological polar surface area (TPSA) is 64.0 Å². The van der Waals surface area contributed by atoms with Crippen LogP contribution in [-0.4, -0.2) is 71.9 Å². The van der Waals surface area contributed by atoms with Crippen molar-refractivity contribution in [2.45, 2.75) is 6.42 Å². The highest BCUT2D eigenvalue weighted by molar-refractivity contribution is 7.10. The Hall–Kier alpha value is -1.39. The van der Waals surface area contributed by atoms with Gasteiger partial charge in [0.25, 0.3) is 5.91 Å². The van der Waals surface area contributed by atoms with Crippen molar-refractivity contribution in [3.8, 4) is 11.8 Å². The predicted octanol–water partition coefficient (Wildman–Crippen LogP) is 0.232. The summed E-state index contributed by atoms with van der Waals surface area (Å²) in [5, 5.41) is 19.4. The molecule has 1 fully saturated rings. The van der Waals surface area contributed by atoms with Gasteiger partial charge in [0.2, 0.25) is 0 Å². The van der Waals surface area contributed by atoms with Crippen molar-refractivity contribution >= 4 is 17.2 Å². The average molecular weight is 308 g/mol. The molecule has 0 unspecified atom stereocenters. The van der Waals surface area contributed by atoms with Gasteiger partial charge in [-0.3, -0.25) is 9.69 Å². The molecule has 1 aromatic rings. The van der Waals surface area contributed by atoms with Gasteiger partial charge in [0.15, 0.2) is 0 Å². The Morgan fingerprint density at radius 1 is 1.24 bits per heavy atom. The molecule has 1 aliphatic heterocycles. The monoisotopic (exact) mass is 308 g/mol. The smallest absolute Gasteiger partial charge is 0.254 e. The van der Waals surface area contributed by atoms with Crippen LogP contribution in [0.4, 0.5) is 0 Å². The highest BCUT2D eigenvalue weighted by Crippen LogP contribution is 2.16. The summed E-state index contributed by atoms with van der Waals surface area (Å²) in [7, 11) is 0. The lowest BCUT2D eigenvalue weighted by Crippen LogP contribution is -2.49. The molecule has 2 heterocycles. The standard InChI is InChI=1S/C15H20N2O3S/c18-9-2-1-3-14-11-13(12-21-14)15(20)17-6-4-16(5-7-17)8-10-19/h11-12,18-19H,2,4-10H2. The Morgan fingerprint density at radius 3 is 2.67 bits per heavy atom. The Morgan fingerprint density at radius 2 is 2.00 bits per heavy atom. The van der Waals surface area contributed by atoms with E-state index in [-0.39, 0.29) is 19.1 Å². The number of aliphatic hydroxyl groups excluding tert-OH is 2. The van der Waals surface area contributed by atoms with E-state index in [1.807, 2.05) is 16.3 Å². The number of rotatable bonds is 4. The second-order valence-electron chi connectivity index (χ2n) is 4.83. The van der Waals surface area contributed by atoms with E-state index in [1.54, 1.807) is 0 Å². The van der Waals surface area contributed by atoms with Crippen LogP contribution in [0.3, 0.4) is 0 Å². The van der Waals surface area contributed by atoms with Crippen molar-refractivity contribution in [3.05, 3.63) is 21.9 Å². The van der Waals surface area contributed by atoms with Crippen molar-refractivity contribution < 1.29 is 15.0 Å². The van der Waals surface area contributed by atoms with Gasteiger partial charge in [0.05, 0.1) is 23.7 Å². The van der Waals surface area contributed by atoms with Gasteiger partial charge in [-0.2, -0.15) is 0 Å². The summed E-state index contributed by atoms with van der Waals surface area (Å²) in [5.74, 6) is 5.85. The van der Waals surface area contributed by atoms with Crippen molar-refractivity contribution in [2.75, 3.05) is 45.9 Å². The van der Waals surface area contributed by atoms with Crippen LogP contribution in [0, 0.1) is 11.8 Å². The van der Waals surface area contributed by atoms with Crippen molar-refractivity contribution in [2.24, 2.45) is 0 Å². The Kier molecular flexibility index (Phi) is 6.21. The molecule has 0 aromatic carbocycles. The molecule has 5 nitrogen and oxygen atoms in total. The van der Waals surface area contributed by atoms with E-state index in [4.69, 9.17) is 10.2 Å². The van der Waals surface area contributed by atoms with Gasteiger partial charge < -0.3 is 15.1 Å². The Labute approximate surface area is 128 Å². The number of carbonyl (C=O) groups excluding carboxylic acids is 1. The van der Waals surface area contributed by atoms with Gasteiger partial charge >= 0.3 is 0 Å². The molecule has 1 aromatic heterocycles. The molecule has 21 heavy (non-hydrogen) atoms. The summed E-state index contributed by atoms with van der Waals surface area (Å²) in [6, 6.07) is 1.82. The second kappa shape index (κ2) is 8.15. The number of hydrogen-bond donors (Lipinski definition) is 2. The van der Waals surface area contributed by atoms with E-state index in [0.717, 1.165) is 18.0 Å². The maximum absolute atomic E-state index is 12.4. The fourth-order valence-corrected chi connectivity index (χ4v) is 2.97. The highest BCUT2D eigenvalue weighted by Gasteiger charge is 2.22. The number of thiophene rings is 1. The summed E-state index contributed by atoms with van der Waals surface area (Å²) in [4.78, 5) is 17.2. The minimum absolute atomic E-state index is 0.0464. The third kappa shape index (κ3) is 4.55. The molecule has 1 saturated heterocycles.